The van der Waals surface area contributed by atoms with Crippen molar-refractivity contribution < 1.29 is 33.6 Å². The van der Waals surface area contributed by atoms with Gasteiger partial charge in [-0.25, -0.2) is 4.79 Å². The number of aryl methyl sites for hydroxylation is 1. The number of hydrogen-bond donors (Lipinski definition) is 1. The van der Waals surface area contributed by atoms with E-state index in [-0.39, 0.29) is 5.78 Å². The van der Waals surface area contributed by atoms with Gasteiger partial charge in [-0.1, -0.05) is 0 Å². The molecule has 0 aromatic heterocycles. The van der Waals surface area contributed by atoms with Crippen LogP contribution >= 0.6 is 0 Å². The Morgan fingerprint density at radius 3 is 2.19 bits per heavy atom. The predicted octanol–water partition coefficient (Wildman–Crippen LogP) is 4.17. The second-order valence-corrected chi connectivity index (χ2v) is 7.69. The van der Waals surface area contributed by atoms with Crippen molar-refractivity contribution in [3.8, 4) is 23.0 Å². The van der Waals surface area contributed by atoms with Crippen molar-refractivity contribution in [1.29, 1.82) is 0 Å². The summed E-state index contributed by atoms with van der Waals surface area (Å²) in [5, 5.41) is 9.25. The summed E-state index contributed by atoms with van der Waals surface area (Å²) in [6, 6.07) is 8.65. The first kappa shape index (κ1) is 22.2. The van der Waals surface area contributed by atoms with E-state index in [1.807, 2.05) is 6.08 Å². The summed E-state index contributed by atoms with van der Waals surface area (Å²) in [6.07, 6.45) is 3.02. The predicted molar refractivity (Wildman–Crippen MR) is 116 cm³/mol. The fourth-order valence-corrected chi connectivity index (χ4v) is 3.48. The molecule has 2 aromatic rings. The van der Waals surface area contributed by atoms with Gasteiger partial charge in [0.15, 0.2) is 22.9 Å². The van der Waals surface area contributed by atoms with Gasteiger partial charge in [-0.05, 0) is 74.2 Å². The van der Waals surface area contributed by atoms with E-state index in [0.717, 1.165) is 11.1 Å². The van der Waals surface area contributed by atoms with Gasteiger partial charge in [0.05, 0.1) is 21.3 Å². The lowest BCUT2D eigenvalue weighted by molar-refractivity contribution is -0.152. The highest BCUT2D eigenvalue weighted by Gasteiger charge is 2.30. The minimum absolute atomic E-state index is 0.0703. The number of carboxylic acid groups (broad SMARTS) is 1. The zero-order valence-corrected chi connectivity index (χ0v) is 18.3. The molecule has 7 nitrogen and oxygen atoms in total. The summed E-state index contributed by atoms with van der Waals surface area (Å²) >= 11 is 0. The Kier molecular flexibility index (Phi) is 6.24. The minimum atomic E-state index is -1.36. The van der Waals surface area contributed by atoms with E-state index in [2.05, 4.69) is 0 Å². The number of methoxy groups -OCH3 is 3. The molecular weight excluding hydrogens is 400 g/mol. The van der Waals surface area contributed by atoms with Crippen LogP contribution in [0.3, 0.4) is 0 Å². The van der Waals surface area contributed by atoms with Crippen LogP contribution in [-0.4, -0.2) is 43.8 Å². The number of carbonyl (C=O) groups is 2. The van der Waals surface area contributed by atoms with E-state index in [4.69, 9.17) is 18.9 Å². The zero-order valence-electron chi connectivity index (χ0n) is 18.3. The highest BCUT2D eigenvalue weighted by Crippen LogP contribution is 2.39. The fraction of sp³-hybridized carbons (Fsp3) is 0.333. The molecule has 0 atom stereocenters. The van der Waals surface area contributed by atoms with Crippen molar-refractivity contribution in [1.82, 2.24) is 0 Å². The molecule has 1 N–H and O–H groups in total. The molecule has 31 heavy (non-hydrogen) atoms. The van der Waals surface area contributed by atoms with Gasteiger partial charge in [0.25, 0.3) is 0 Å². The van der Waals surface area contributed by atoms with E-state index in [0.29, 0.717) is 47.0 Å². The topological polar surface area (TPSA) is 91.3 Å². The number of carbonyl (C=O) groups excluding carboxylic acids is 1. The molecule has 0 heterocycles. The Balaban J connectivity index is 1.91. The lowest BCUT2D eigenvalue weighted by atomic mass is 9.86. The summed E-state index contributed by atoms with van der Waals surface area (Å²) in [7, 11) is 4.62. The molecular formula is C24H26O7. The number of ether oxygens (including phenoxy) is 4. The second-order valence-electron chi connectivity index (χ2n) is 7.69. The van der Waals surface area contributed by atoms with Crippen LogP contribution < -0.4 is 18.9 Å². The number of Topliss-reactive ketones (excluding diaryl/α,β-unsaturated/α-hetero) is 1. The lowest BCUT2D eigenvalue weighted by Crippen LogP contribution is -2.37. The molecule has 164 valence electrons. The first-order chi connectivity index (χ1) is 14.7. The smallest absolute Gasteiger partial charge is 0.347 e. The van der Waals surface area contributed by atoms with Crippen molar-refractivity contribution in [3.63, 3.8) is 0 Å². The SMILES string of the molecule is COc1cc(/C=C2/CCc3cc(OC(C)(C)C(=O)O)ccc3C2=O)cc(OC)c1OC. The van der Waals surface area contributed by atoms with Crippen LogP contribution in [0.25, 0.3) is 6.08 Å². The first-order valence-electron chi connectivity index (χ1n) is 9.80. The number of allylic oxidation sites excluding steroid dienone is 1. The van der Waals surface area contributed by atoms with Crippen molar-refractivity contribution in [2.75, 3.05) is 21.3 Å². The number of ketones is 1. The van der Waals surface area contributed by atoms with Crippen molar-refractivity contribution in [2.24, 2.45) is 0 Å². The van der Waals surface area contributed by atoms with Crippen molar-refractivity contribution in [3.05, 3.63) is 52.6 Å². The third-order valence-electron chi connectivity index (χ3n) is 5.19. The fourth-order valence-electron chi connectivity index (χ4n) is 3.48. The summed E-state index contributed by atoms with van der Waals surface area (Å²) in [4.78, 5) is 24.4. The van der Waals surface area contributed by atoms with Gasteiger partial charge in [0.2, 0.25) is 5.75 Å². The van der Waals surface area contributed by atoms with E-state index < -0.39 is 11.6 Å². The monoisotopic (exact) mass is 426 g/mol. The molecule has 0 saturated carbocycles. The molecule has 2 aromatic carbocycles. The molecule has 0 radical (unpaired) electrons. The van der Waals surface area contributed by atoms with Gasteiger partial charge in [-0.15, -0.1) is 0 Å². The molecule has 0 bridgehead atoms. The average Bonchev–Trinajstić information content (AvgIpc) is 2.74. The van der Waals surface area contributed by atoms with Gasteiger partial charge in [0, 0.05) is 11.1 Å². The van der Waals surface area contributed by atoms with E-state index in [9.17, 15) is 14.7 Å². The van der Waals surface area contributed by atoms with Gasteiger partial charge < -0.3 is 24.1 Å². The summed E-state index contributed by atoms with van der Waals surface area (Å²) in [6.45, 7) is 2.97. The average molecular weight is 426 g/mol. The highest BCUT2D eigenvalue weighted by atomic mass is 16.5. The van der Waals surface area contributed by atoms with E-state index in [1.54, 1.807) is 44.6 Å². The number of hydrogen-bond acceptors (Lipinski definition) is 6. The number of benzene rings is 2. The Bertz CT molecular complexity index is 1020. The molecule has 7 heteroatoms. The normalized spacial score (nSPS) is 14.7. The number of rotatable bonds is 7. The van der Waals surface area contributed by atoms with E-state index >= 15 is 0 Å². The molecule has 1 aliphatic carbocycles. The Hall–Kier alpha value is -3.48. The summed E-state index contributed by atoms with van der Waals surface area (Å²) < 4.78 is 21.7. The Labute approximate surface area is 181 Å². The molecule has 1 aliphatic rings. The third kappa shape index (κ3) is 4.50. The maximum atomic E-state index is 13.1. The quantitative estimate of drug-likeness (QED) is 0.665. The lowest BCUT2D eigenvalue weighted by Gasteiger charge is -2.24. The van der Waals surface area contributed by atoms with Crippen LogP contribution in [0.4, 0.5) is 0 Å². The van der Waals surface area contributed by atoms with Crippen LogP contribution in [0.2, 0.25) is 0 Å². The summed E-state index contributed by atoms with van der Waals surface area (Å²) in [5.74, 6) is 0.816. The number of fused-ring (bicyclic) bond motifs is 1. The van der Waals surface area contributed by atoms with Crippen molar-refractivity contribution in [2.45, 2.75) is 32.3 Å². The molecule has 0 amide bonds. The van der Waals surface area contributed by atoms with Crippen LogP contribution in [-0.2, 0) is 11.2 Å². The Morgan fingerprint density at radius 2 is 1.65 bits per heavy atom. The minimum Gasteiger partial charge on any atom is -0.493 e. The van der Waals surface area contributed by atoms with Gasteiger partial charge in [0.1, 0.15) is 5.75 Å². The van der Waals surface area contributed by atoms with Gasteiger partial charge in [-0.3, -0.25) is 4.79 Å². The van der Waals surface area contributed by atoms with Crippen molar-refractivity contribution >= 4 is 17.8 Å². The van der Waals surface area contributed by atoms with Crippen LogP contribution in [0, 0.1) is 0 Å². The first-order valence-corrected chi connectivity index (χ1v) is 9.80. The van der Waals surface area contributed by atoms with E-state index in [1.165, 1.54) is 21.0 Å². The van der Waals surface area contributed by atoms with Gasteiger partial charge >= 0.3 is 5.97 Å². The molecule has 0 aliphatic heterocycles. The third-order valence-corrected chi connectivity index (χ3v) is 5.19. The largest absolute Gasteiger partial charge is 0.493 e. The van der Waals surface area contributed by atoms with Crippen LogP contribution in [0.15, 0.2) is 35.9 Å². The van der Waals surface area contributed by atoms with Gasteiger partial charge in [-0.2, -0.15) is 0 Å². The number of aliphatic carboxylic acids is 1. The molecule has 3 rings (SSSR count). The molecule has 0 saturated heterocycles. The van der Waals surface area contributed by atoms with Crippen LogP contribution in [0.5, 0.6) is 23.0 Å². The Morgan fingerprint density at radius 1 is 1.00 bits per heavy atom. The number of carboxylic acids is 1. The standard InChI is InChI=1S/C24H26O7/c1-24(2,23(26)27)31-17-8-9-18-15(13-17)6-7-16(21(18)25)10-14-11-19(28-3)22(30-5)20(12-14)29-4/h8-13H,6-7H2,1-5H3,(H,26,27)/b16-10-. The molecule has 0 fully saturated rings. The molecule has 0 spiro atoms. The van der Waals surface area contributed by atoms with Crippen LogP contribution in [0.1, 0.15) is 41.8 Å². The second kappa shape index (κ2) is 8.71. The summed E-state index contributed by atoms with van der Waals surface area (Å²) in [5.41, 5.74) is 1.51. The molecule has 0 unspecified atom stereocenters. The zero-order chi connectivity index (χ0) is 22.8. The highest BCUT2D eigenvalue weighted by molar-refractivity contribution is 6.13. The maximum Gasteiger partial charge on any atom is 0.347 e. The maximum absolute atomic E-state index is 13.1.